The molecule has 0 spiro atoms. The fraction of sp³-hybridized carbons (Fsp3) is 1.00. The topological polar surface area (TPSA) is 12.5 Å². The second-order valence-corrected chi connectivity index (χ2v) is 3.83. The van der Waals surface area contributed by atoms with E-state index >= 15 is 0 Å². The summed E-state index contributed by atoms with van der Waals surface area (Å²) in [7, 11) is 0. The van der Waals surface area contributed by atoms with E-state index < -0.39 is 0 Å². The molecule has 0 N–H and O–H groups in total. The highest BCUT2D eigenvalue weighted by Crippen LogP contribution is 2.35. The van der Waals surface area contributed by atoms with Crippen molar-refractivity contribution in [1.82, 2.24) is 0 Å². The van der Waals surface area contributed by atoms with Gasteiger partial charge in [-0.15, -0.1) is 0 Å². The Hall–Kier alpha value is -0.0400. The van der Waals surface area contributed by atoms with Gasteiger partial charge in [-0.1, -0.05) is 19.8 Å². The molecular formula is C9H16O. The Morgan fingerprint density at radius 1 is 1.00 bits per heavy atom. The van der Waals surface area contributed by atoms with Crippen LogP contribution in [0, 0.1) is 5.92 Å². The highest BCUT2D eigenvalue weighted by molar-refractivity contribution is 4.86. The Morgan fingerprint density at radius 2 is 1.80 bits per heavy atom. The SMILES string of the molecule is CC1CCCC2OC2CC1. The number of hydrogen-bond donors (Lipinski definition) is 0. The molecule has 3 unspecified atom stereocenters. The zero-order valence-corrected chi connectivity index (χ0v) is 6.68. The molecule has 1 nitrogen and oxygen atoms in total. The minimum Gasteiger partial charge on any atom is -0.370 e. The summed E-state index contributed by atoms with van der Waals surface area (Å²) < 4.78 is 5.49. The van der Waals surface area contributed by atoms with E-state index in [0.717, 1.165) is 5.92 Å². The average molecular weight is 140 g/mol. The maximum absolute atomic E-state index is 5.49. The van der Waals surface area contributed by atoms with Crippen LogP contribution in [0.15, 0.2) is 0 Å². The summed E-state index contributed by atoms with van der Waals surface area (Å²) in [6.45, 7) is 2.36. The van der Waals surface area contributed by atoms with E-state index in [1.165, 1.54) is 32.1 Å². The van der Waals surface area contributed by atoms with Crippen LogP contribution in [0.3, 0.4) is 0 Å². The molecule has 2 aliphatic rings. The molecular weight excluding hydrogens is 124 g/mol. The van der Waals surface area contributed by atoms with Gasteiger partial charge in [0.1, 0.15) is 0 Å². The Balaban J connectivity index is 1.83. The standard InChI is InChI=1S/C9H16O/c1-7-3-2-4-8-9(10-8)6-5-7/h7-9H,2-6H2,1H3. The number of ether oxygens (including phenoxy) is 1. The van der Waals surface area contributed by atoms with E-state index in [-0.39, 0.29) is 0 Å². The van der Waals surface area contributed by atoms with Gasteiger partial charge in [0, 0.05) is 0 Å². The summed E-state index contributed by atoms with van der Waals surface area (Å²) in [5.41, 5.74) is 0. The first-order chi connectivity index (χ1) is 4.86. The van der Waals surface area contributed by atoms with Crippen LogP contribution in [0.25, 0.3) is 0 Å². The molecule has 0 aromatic carbocycles. The van der Waals surface area contributed by atoms with Crippen LogP contribution in [0.1, 0.15) is 39.0 Å². The van der Waals surface area contributed by atoms with Crippen molar-refractivity contribution in [1.29, 1.82) is 0 Å². The van der Waals surface area contributed by atoms with Crippen molar-refractivity contribution < 1.29 is 4.74 Å². The van der Waals surface area contributed by atoms with Crippen LogP contribution >= 0.6 is 0 Å². The van der Waals surface area contributed by atoms with Gasteiger partial charge in [-0.05, 0) is 25.2 Å². The smallest absolute Gasteiger partial charge is 0.0842 e. The second kappa shape index (κ2) is 2.54. The van der Waals surface area contributed by atoms with Gasteiger partial charge in [-0.25, -0.2) is 0 Å². The molecule has 1 saturated carbocycles. The first-order valence-corrected chi connectivity index (χ1v) is 4.52. The third-order valence-electron chi connectivity index (χ3n) is 2.82. The molecule has 3 atom stereocenters. The van der Waals surface area contributed by atoms with E-state index in [2.05, 4.69) is 6.92 Å². The summed E-state index contributed by atoms with van der Waals surface area (Å²) in [6.07, 6.45) is 8.20. The van der Waals surface area contributed by atoms with Gasteiger partial charge in [0.2, 0.25) is 0 Å². The van der Waals surface area contributed by atoms with Crippen LogP contribution in [-0.4, -0.2) is 12.2 Å². The Labute approximate surface area is 62.8 Å². The lowest BCUT2D eigenvalue weighted by Crippen LogP contribution is -2.04. The zero-order valence-electron chi connectivity index (χ0n) is 6.68. The van der Waals surface area contributed by atoms with Crippen molar-refractivity contribution in [2.24, 2.45) is 5.92 Å². The molecule has 0 aromatic heterocycles. The van der Waals surface area contributed by atoms with Crippen LogP contribution < -0.4 is 0 Å². The molecule has 58 valence electrons. The molecule has 1 saturated heterocycles. The molecule has 10 heavy (non-hydrogen) atoms. The second-order valence-electron chi connectivity index (χ2n) is 3.83. The Morgan fingerprint density at radius 3 is 2.70 bits per heavy atom. The van der Waals surface area contributed by atoms with E-state index in [9.17, 15) is 0 Å². The monoisotopic (exact) mass is 140 g/mol. The third-order valence-corrected chi connectivity index (χ3v) is 2.82. The van der Waals surface area contributed by atoms with Crippen LogP contribution in [0.5, 0.6) is 0 Å². The predicted octanol–water partition coefficient (Wildman–Crippen LogP) is 2.35. The molecule has 0 radical (unpaired) electrons. The third kappa shape index (κ3) is 1.34. The molecule has 0 aromatic rings. The Bertz CT molecular complexity index is 120. The molecule has 1 heteroatoms. The first kappa shape index (κ1) is 6.66. The number of hydrogen-bond acceptors (Lipinski definition) is 1. The minimum atomic E-state index is 0.669. The van der Waals surface area contributed by atoms with Crippen molar-refractivity contribution in [2.75, 3.05) is 0 Å². The fourth-order valence-corrected chi connectivity index (χ4v) is 1.95. The molecule has 2 rings (SSSR count). The minimum absolute atomic E-state index is 0.669. The van der Waals surface area contributed by atoms with Crippen LogP contribution in [0.4, 0.5) is 0 Å². The zero-order chi connectivity index (χ0) is 6.97. The Kier molecular flexibility index (Phi) is 1.69. The lowest BCUT2D eigenvalue weighted by atomic mass is 9.93. The highest BCUT2D eigenvalue weighted by atomic mass is 16.6. The molecule has 0 amide bonds. The molecule has 2 fully saturated rings. The predicted molar refractivity (Wildman–Crippen MR) is 40.9 cm³/mol. The highest BCUT2D eigenvalue weighted by Gasteiger charge is 2.38. The van der Waals surface area contributed by atoms with Gasteiger partial charge in [-0.3, -0.25) is 0 Å². The average Bonchev–Trinajstić information content (AvgIpc) is 2.59. The molecule has 1 heterocycles. The van der Waals surface area contributed by atoms with Crippen molar-refractivity contribution in [2.45, 2.75) is 51.2 Å². The van der Waals surface area contributed by atoms with Gasteiger partial charge in [-0.2, -0.15) is 0 Å². The number of fused-ring (bicyclic) bond motifs is 1. The van der Waals surface area contributed by atoms with Crippen molar-refractivity contribution in [3.05, 3.63) is 0 Å². The van der Waals surface area contributed by atoms with Gasteiger partial charge < -0.3 is 4.74 Å². The fourth-order valence-electron chi connectivity index (χ4n) is 1.95. The maximum Gasteiger partial charge on any atom is 0.0842 e. The van der Waals surface area contributed by atoms with Gasteiger partial charge >= 0.3 is 0 Å². The summed E-state index contributed by atoms with van der Waals surface area (Å²) in [5.74, 6) is 0.949. The number of rotatable bonds is 0. The molecule has 1 aliphatic carbocycles. The van der Waals surface area contributed by atoms with Crippen molar-refractivity contribution in [3.63, 3.8) is 0 Å². The van der Waals surface area contributed by atoms with Crippen LogP contribution in [0.2, 0.25) is 0 Å². The summed E-state index contributed by atoms with van der Waals surface area (Å²) in [5, 5.41) is 0. The van der Waals surface area contributed by atoms with Crippen LogP contribution in [-0.2, 0) is 4.74 Å². The van der Waals surface area contributed by atoms with Crippen molar-refractivity contribution in [3.8, 4) is 0 Å². The van der Waals surface area contributed by atoms with Gasteiger partial charge in [0.25, 0.3) is 0 Å². The number of epoxide rings is 1. The lowest BCUT2D eigenvalue weighted by molar-refractivity contribution is 0.356. The quantitative estimate of drug-likeness (QED) is 0.470. The maximum atomic E-state index is 5.49. The molecule has 1 aliphatic heterocycles. The van der Waals surface area contributed by atoms with Crippen molar-refractivity contribution >= 4 is 0 Å². The summed E-state index contributed by atoms with van der Waals surface area (Å²) in [4.78, 5) is 0. The molecule has 0 bridgehead atoms. The van der Waals surface area contributed by atoms with E-state index in [1.807, 2.05) is 0 Å². The summed E-state index contributed by atoms with van der Waals surface area (Å²) in [6, 6.07) is 0. The van der Waals surface area contributed by atoms with E-state index in [1.54, 1.807) is 0 Å². The van der Waals surface area contributed by atoms with Gasteiger partial charge in [0.15, 0.2) is 0 Å². The lowest BCUT2D eigenvalue weighted by Gasteiger charge is -2.11. The van der Waals surface area contributed by atoms with E-state index in [0.29, 0.717) is 12.2 Å². The van der Waals surface area contributed by atoms with Gasteiger partial charge in [0.05, 0.1) is 12.2 Å². The normalized spacial score (nSPS) is 47.1. The largest absolute Gasteiger partial charge is 0.370 e. The first-order valence-electron chi connectivity index (χ1n) is 4.52. The summed E-state index contributed by atoms with van der Waals surface area (Å²) >= 11 is 0. The van der Waals surface area contributed by atoms with E-state index in [4.69, 9.17) is 4.74 Å².